The summed E-state index contributed by atoms with van der Waals surface area (Å²) in [5.74, 6) is 0. The predicted molar refractivity (Wildman–Crippen MR) is 135 cm³/mol. The molecule has 3 heteroatoms. The number of pyridine rings is 2. The normalized spacial score (nSPS) is 11.6. The molecule has 0 aliphatic heterocycles. The van der Waals surface area contributed by atoms with Gasteiger partial charge < -0.3 is 4.42 Å². The maximum absolute atomic E-state index is 6.55. The molecule has 0 N–H and O–H groups in total. The molecule has 0 aliphatic rings. The van der Waals surface area contributed by atoms with Gasteiger partial charge in [0.2, 0.25) is 0 Å². The van der Waals surface area contributed by atoms with Gasteiger partial charge in [0.1, 0.15) is 11.2 Å². The van der Waals surface area contributed by atoms with Crippen LogP contribution >= 0.6 is 0 Å². The van der Waals surface area contributed by atoms with E-state index in [-0.39, 0.29) is 0 Å². The van der Waals surface area contributed by atoms with Crippen LogP contribution in [0.5, 0.6) is 0 Å². The Kier molecular flexibility index (Phi) is 3.84. The van der Waals surface area contributed by atoms with Crippen LogP contribution in [0.25, 0.3) is 66.0 Å². The Hall–Kier alpha value is -4.50. The molecule has 7 rings (SSSR count). The van der Waals surface area contributed by atoms with Crippen molar-refractivity contribution in [2.45, 2.75) is 0 Å². The van der Waals surface area contributed by atoms with Gasteiger partial charge in [0.05, 0.1) is 11.4 Å². The van der Waals surface area contributed by atoms with Gasteiger partial charge >= 0.3 is 0 Å². The van der Waals surface area contributed by atoms with Crippen LogP contribution in [0.4, 0.5) is 0 Å². The van der Waals surface area contributed by atoms with Gasteiger partial charge in [-0.2, -0.15) is 0 Å². The molecule has 0 saturated heterocycles. The minimum absolute atomic E-state index is 0.874. The summed E-state index contributed by atoms with van der Waals surface area (Å²) >= 11 is 0. The topological polar surface area (TPSA) is 38.9 Å². The first-order chi connectivity index (χ1) is 16.4. The van der Waals surface area contributed by atoms with Crippen molar-refractivity contribution in [1.82, 2.24) is 9.97 Å². The standard InChI is InChI=1S/C30H18N2O/c1-3-8-22-19(6-1)12-13-27-28(22)29-23-9-4-2-7-21(23)18-24(30(29)33-27)26-11-5-10-25(32-26)20-14-16-31-17-15-20/h1-18H. The molecule has 0 spiro atoms. The van der Waals surface area contributed by atoms with Crippen LogP contribution in [-0.2, 0) is 0 Å². The van der Waals surface area contributed by atoms with Crippen LogP contribution in [0.2, 0.25) is 0 Å². The van der Waals surface area contributed by atoms with E-state index in [4.69, 9.17) is 9.40 Å². The third-order valence-electron chi connectivity index (χ3n) is 6.36. The van der Waals surface area contributed by atoms with Crippen molar-refractivity contribution in [3.8, 4) is 22.5 Å². The summed E-state index contributed by atoms with van der Waals surface area (Å²) in [6.07, 6.45) is 3.59. The highest BCUT2D eigenvalue weighted by Gasteiger charge is 2.18. The quantitative estimate of drug-likeness (QED) is 0.283. The maximum Gasteiger partial charge on any atom is 0.145 e. The van der Waals surface area contributed by atoms with E-state index in [2.05, 4.69) is 83.8 Å². The van der Waals surface area contributed by atoms with Gasteiger partial charge in [0.15, 0.2) is 0 Å². The lowest BCUT2D eigenvalue weighted by Crippen LogP contribution is -1.89. The Balaban J connectivity index is 1.61. The first-order valence-electron chi connectivity index (χ1n) is 11.0. The Morgan fingerprint density at radius 1 is 0.576 bits per heavy atom. The summed E-state index contributed by atoms with van der Waals surface area (Å²) in [5.41, 5.74) is 5.62. The lowest BCUT2D eigenvalue weighted by atomic mass is 9.96. The van der Waals surface area contributed by atoms with Crippen LogP contribution in [0.1, 0.15) is 0 Å². The molecule has 0 aliphatic carbocycles. The molecule has 7 aromatic rings. The summed E-state index contributed by atoms with van der Waals surface area (Å²) in [6.45, 7) is 0. The molecule has 0 amide bonds. The molecule has 3 nitrogen and oxygen atoms in total. The average molecular weight is 422 g/mol. The highest BCUT2D eigenvalue weighted by Crippen LogP contribution is 2.43. The lowest BCUT2D eigenvalue weighted by molar-refractivity contribution is 0.670. The third kappa shape index (κ3) is 2.76. The third-order valence-corrected chi connectivity index (χ3v) is 6.36. The zero-order chi connectivity index (χ0) is 21.8. The van der Waals surface area contributed by atoms with Gasteiger partial charge in [-0.15, -0.1) is 0 Å². The number of rotatable bonds is 2. The average Bonchev–Trinajstić information content (AvgIpc) is 3.29. The first kappa shape index (κ1) is 18.1. The van der Waals surface area contributed by atoms with Crippen molar-refractivity contribution in [2.75, 3.05) is 0 Å². The second-order valence-electron chi connectivity index (χ2n) is 8.26. The second-order valence-corrected chi connectivity index (χ2v) is 8.26. The molecule has 4 aromatic carbocycles. The van der Waals surface area contributed by atoms with E-state index < -0.39 is 0 Å². The Morgan fingerprint density at radius 2 is 1.30 bits per heavy atom. The van der Waals surface area contributed by atoms with Crippen LogP contribution in [-0.4, -0.2) is 9.97 Å². The summed E-state index contributed by atoms with van der Waals surface area (Å²) in [6, 6.07) is 33.5. The van der Waals surface area contributed by atoms with E-state index in [9.17, 15) is 0 Å². The molecule has 33 heavy (non-hydrogen) atoms. The number of aromatic nitrogens is 2. The molecule has 0 unspecified atom stereocenters. The molecule has 0 radical (unpaired) electrons. The number of hydrogen-bond acceptors (Lipinski definition) is 3. The summed E-state index contributed by atoms with van der Waals surface area (Å²) in [4.78, 5) is 9.15. The fourth-order valence-electron chi connectivity index (χ4n) is 4.85. The van der Waals surface area contributed by atoms with Gasteiger partial charge in [0.25, 0.3) is 0 Å². The molecule has 0 saturated carbocycles. The fourth-order valence-corrected chi connectivity index (χ4v) is 4.85. The zero-order valence-electron chi connectivity index (χ0n) is 17.7. The molecule has 0 atom stereocenters. The van der Waals surface area contributed by atoms with Gasteiger partial charge in [0, 0.05) is 34.3 Å². The van der Waals surface area contributed by atoms with E-state index in [1.54, 1.807) is 12.4 Å². The highest BCUT2D eigenvalue weighted by molar-refractivity contribution is 6.28. The van der Waals surface area contributed by atoms with Crippen LogP contribution in [0.3, 0.4) is 0 Å². The number of benzene rings is 4. The Morgan fingerprint density at radius 3 is 2.15 bits per heavy atom. The molecular formula is C30H18N2O. The van der Waals surface area contributed by atoms with Crippen LogP contribution < -0.4 is 0 Å². The van der Waals surface area contributed by atoms with Crippen molar-refractivity contribution in [3.05, 3.63) is 109 Å². The summed E-state index contributed by atoms with van der Waals surface area (Å²) in [5, 5.41) is 7.08. The van der Waals surface area contributed by atoms with E-state index in [1.165, 1.54) is 21.5 Å². The van der Waals surface area contributed by atoms with Crippen LogP contribution in [0, 0.1) is 0 Å². The molecule has 3 aromatic heterocycles. The number of furan rings is 1. The van der Waals surface area contributed by atoms with Crippen molar-refractivity contribution >= 4 is 43.5 Å². The van der Waals surface area contributed by atoms with Gasteiger partial charge in [-0.05, 0) is 57.9 Å². The molecule has 0 bridgehead atoms. The van der Waals surface area contributed by atoms with Gasteiger partial charge in [-0.1, -0.05) is 60.7 Å². The zero-order valence-corrected chi connectivity index (χ0v) is 17.7. The van der Waals surface area contributed by atoms with E-state index in [1.807, 2.05) is 18.2 Å². The molecule has 154 valence electrons. The minimum atomic E-state index is 0.874. The molecule has 0 fully saturated rings. The number of hydrogen-bond donors (Lipinski definition) is 0. The summed E-state index contributed by atoms with van der Waals surface area (Å²) in [7, 11) is 0. The predicted octanol–water partition coefficient (Wildman–Crippen LogP) is 8.02. The lowest BCUT2D eigenvalue weighted by Gasteiger charge is -2.08. The minimum Gasteiger partial charge on any atom is -0.455 e. The molecule has 3 heterocycles. The Labute approximate surface area is 190 Å². The maximum atomic E-state index is 6.55. The highest BCUT2D eigenvalue weighted by atomic mass is 16.3. The van der Waals surface area contributed by atoms with E-state index >= 15 is 0 Å². The SMILES string of the molecule is c1cc(-c2ccncc2)nc(-c2cc3ccccc3c3c2oc2ccc4ccccc4c23)c1. The van der Waals surface area contributed by atoms with Gasteiger partial charge in [-0.25, -0.2) is 4.98 Å². The van der Waals surface area contributed by atoms with E-state index in [0.29, 0.717) is 0 Å². The summed E-state index contributed by atoms with van der Waals surface area (Å²) < 4.78 is 6.55. The Bertz CT molecular complexity index is 1820. The van der Waals surface area contributed by atoms with Crippen LogP contribution in [0.15, 0.2) is 114 Å². The van der Waals surface area contributed by atoms with Crippen molar-refractivity contribution < 1.29 is 4.42 Å². The van der Waals surface area contributed by atoms with Crippen molar-refractivity contribution in [3.63, 3.8) is 0 Å². The van der Waals surface area contributed by atoms with E-state index in [0.717, 1.165) is 44.5 Å². The largest absolute Gasteiger partial charge is 0.455 e. The van der Waals surface area contributed by atoms with Crippen molar-refractivity contribution in [1.29, 1.82) is 0 Å². The first-order valence-corrected chi connectivity index (χ1v) is 11.0. The fraction of sp³-hybridized carbons (Fsp3) is 0. The molecular weight excluding hydrogens is 404 g/mol. The number of nitrogens with zero attached hydrogens (tertiary/aromatic N) is 2. The smallest absolute Gasteiger partial charge is 0.145 e. The number of fused-ring (bicyclic) bond motifs is 7. The monoisotopic (exact) mass is 422 g/mol. The van der Waals surface area contributed by atoms with Crippen molar-refractivity contribution in [2.24, 2.45) is 0 Å². The van der Waals surface area contributed by atoms with Gasteiger partial charge in [-0.3, -0.25) is 4.98 Å². The second kappa shape index (κ2) is 7.01.